The number of aliphatic hydroxyl groups is 1. The van der Waals surface area contributed by atoms with Crippen molar-refractivity contribution in [2.45, 2.75) is 31.3 Å². The molecule has 7 nitrogen and oxygen atoms in total. The first-order chi connectivity index (χ1) is 12.9. The van der Waals surface area contributed by atoms with Gasteiger partial charge >= 0.3 is 0 Å². The summed E-state index contributed by atoms with van der Waals surface area (Å²) in [6, 6.07) is 9.13. The molecule has 2 atom stereocenters. The van der Waals surface area contributed by atoms with Gasteiger partial charge in [-0.15, -0.1) is 0 Å². The summed E-state index contributed by atoms with van der Waals surface area (Å²) in [6.07, 6.45) is 3.42. The van der Waals surface area contributed by atoms with Crippen LogP contribution in [0.2, 0.25) is 0 Å². The van der Waals surface area contributed by atoms with Gasteiger partial charge in [-0.25, -0.2) is 0 Å². The van der Waals surface area contributed by atoms with E-state index in [1.54, 1.807) is 0 Å². The van der Waals surface area contributed by atoms with Gasteiger partial charge in [0.1, 0.15) is 6.04 Å². The lowest BCUT2D eigenvalue weighted by molar-refractivity contribution is 0.00325. The van der Waals surface area contributed by atoms with E-state index in [4.69, 9.17) is 19.3 Å². The number of fused-ring (bicyclic) bond motifs is 3. The molecule has 0 bridgehead atoms. The number of benzene rings is 1. The van der Waals surface area contributed by atoms with E-state index in [9.17, 15) is 0 Å². The molecule has 0 saturated heterocycles. The van der Waals surface area contributed by atoms with Crippen molar-refractivity contribution in [2.24, 2.45) is 10.3 Å². The molecule has 0 unspecified atom stereocenters. The number of rotatable bonds is 11. The Kier molecular flexibility index (Phi) is 7.82. The van der Waals surface area contributed by atoms with Crippen LogP contribution >= 0.6 is 0 Å². The summed E-state index contributed by atoms with van der Waals surface area (Å²) in [6.45, 7) is 3.90. The largest absolute Gasteiger partial charge is 0.394 e. The maximum Gasteiger partial charge on any atom is 0.120 e. The minimum Gasteiger partial charge on any atom is -0.394 e. The van der Waals surface area contributed by atoms with Crippen LogP contribution in [0.1, 0.15) is 30.0 Å². The zero-order chi connectivity index (χ0) is 18.0. The van der Waals surface area contributed by atoms with E-state index in [1.807, 2.05) is 0 Å². The second-order valence-electron chi connectivity index (χ2n) is 6.53. The Morgan fingerprint density at radius 3 is 2.54 bits per heavy atom. The number of ether oxygens (including phenoxy) is 3. The molecular weight excluding hydrogens is 334 g/mol. The van der Waals surface area contributed by atoms with Crippen LogP contribution < -0.4 is 0 Å². The zero-order valence-electron chi connectivity index (χ0n) is 15.3. The lowest BCUT2D eigenvalue weighted by Crippen LogP contribution is -2.33. The molecule has 1 N–H and O–H groups in total. The number of hydrogen-bond donors (Lipinski definition) is 1. The van der Waals surface area contributed by atoms with Gasteiger partial charge in [-0.3, -0.25) is 5.01 Å². The smallest absolute Gasteiger partial charge is 0.120 e. The van der Waals surface area contributed by atoms with Crippen LogP contribution in [0.15, 0.2) is 34.6 Å². The monoisotopic (exact) mass is 363 g/mol. The van der Waals surface area contributed by atoms with Crippen molar-refractivity contribution in [3.8, 4) is 0 Å². The molecule has 7 heteroatoms. The summed E-state index contributed by atoms with van der Waals surface area (Å²) in [7, 11) is 0. The fourth-order valence-electron chi connectivity index (χ4n) is 3.53. The topological polar surface area (TPSA) is 75.9 Å². The number of hydrogen-bond acceptors (Lipinski definition) is 7. The van der Waals surface area contributed by atoms with E-state index in [1.165, 1.54) is 17.5 Å². The highest BCUT2D eigenvalue weighted by atomic mass is 16.5. The number of nitrogens with zero attached hydrogens (tertiary/aromatic N) is 3. The average molecular weight is 363 g/mol. The van der Waals surface area contributed by atoms with Crippen LogP contribution in [0.4, 0.5) is 0 Å². The van der Waals surface area contributed by atoms with Crippen LogP contribution in [0, 0.1) is 0 Å². The van der Waals surface area contributed by atoms with Gasteiger partial charge in [-0.1, -0.05) is 29.5 Å². The predicted octanol–water partition coefficient (Wildman–Crippen LogP) is 2.16. The Balaban J connectivity index is 1.33. The molecule has 1 aliphatic heterocycles. The van der Waals surface area contributed by atoms with E-state index in [0.717, 1.165) is 19.4 Å². The minimum absolute atomic E-state index is 0.0460. The Morgan fingerprint density at radius 2 is 1.73 bits per heavy atom. The molecule has 2 aliphatic rings. The molecule has 26 heavy (non-hydrogen) atoms. The first-order valence-electron chi connectivity index (χ1n) is 9.49. The summed E-state index contributed by atoms with van der Waals surface area (Å²) >= 11 is 0. The molecule has 0 spiro atoms. The molecule has 0 radical (unpaired) electrons. The van der Waals surface area contributed by atoms with Crippen molar-refractivity contribution >= 4 is 0 Å². The summed E-state index contributed by atoms with van der Waals surface area (Å²) in [5, 5.41) is 19.6. The highest BCUT2D eigenvalue weighted by Crippen LogP contribution is 2.38. The van der Waals surface area contributed by atoms with E-state index in [0.29, 0.717) is 45.7 Å². The van der Waals surface area contributed by atoms with Crippen LogP contribution in [-0.2, 0) is 20.6 Å². The third kappa shape index (κ3) is 5.23. The minimum atomic E-state index is 0.0460. The normalized spacial score (nSPS) is 21.5. The maximum absolute atomic E-state index is 8.59. The van der Waals surface area contributed by atoms with Crippen molar-refractivity contribution in [1.82, 2.24) is 5.01 Å². The second-order valence-corrected chi connectivity index (χ2v) is 6.53. The van der Waals surface area contributed by atoms with Gasteiger partial charge in [0.15, 0.2) is 0 Å². The Bertz CT molecular complexity index is 569. The molecule has 1 aromatic rings. The molecule has 3 rings (SSSR count). The molecule has 0 fully saturated rings. The lowest BCUT2D eigenvalue weighted by atomic mass is 9.97. The van der Waals surface area contributed by atoms with Gasteiger partial charge in [0.25, 0.3) is 0 Å². The highest BCUT2D eigenvalue weighted by Gasteiger charge is 2.35. The van der Waals surface area contributed by atoms with E-state index < -0.39 is 0 Å². The first kappa shape index (κ1) is 19.2. The molecule has 1 aliphatic carbocycles. The van der Waals surface area contributed by atoms with Gasteiger partial charge in [0, 0.05) is 0 Å². The highest BCUT2D eigenvalue weighted by molar-refractivity contribution is 5.33. The SMILES string of the molecule is OCCOCCOCCOCCN1N=N[C@@H]2c3ccccc3CCC[C@H]21. The van der Waals surface area contributed by atoms with Crippen LogP contribution in [0.3, 0.4) is 0 Å². The molecular formula is C19H29N3O4. The predicted molar refractivity (Wildman–Crippen MR) is 97.0 cm³/mol. The fraction of sp³-hybridized carbons (Fsp3) is 0.684. The van der Waals surface area contributed by atoms with Gasteiger partial charge < -0.3 is 19.3 Å². The third-order valence-electron chi connectivity index (χ3n) is 4.80. The molecule has 1 heterocycles. The van der Waals surface area contributed by atoms with Crippen molar-refractivity contribution < 1.29 is 19.3 Å². The van der Waals surface area contributed by atoms with Gasteiger partial charge in [-0.05, 0) is 30.4 Å². The van der Waals surface area contributed by atoms with Gasteiger partial charge in [0.2, 0.25) is 0 Å². The van der Waals surface area contributed by atoms with E-state index in [-0.39, 0.29) is 12.6 Å². The van der Waals surface area contributed by atoms with Crippen molar-refractivity contribution in [1.29, 1.82) is 0 Å². The molecule has 144 valence electrons. The Hall–Kier alpha value is -1.54. The van der Waals surface area contributed by atoms with Crippen molar-refractivity contribution in [3.63, 3.8) is 0 Å². The zero-order valence-corrected chi connectivity index (χ0v) is 15.3. The summed E-state index contributed by atoms with van der Waals surface area (Å²) in [5.74, 6) is 0. The quantitative estimate of drug-likeness (QED) is 0.610. The summed E-state index contributed by atoms with van der Waals surface area (Å²) in [4.78, 5) is 0. The van der Waals surface area contributed by atoms with Crippen molar-refractivity contribution in [2.75, 3.05) is 52.8 Å². The first-order valence-corrected chi connectivity index (χ1v) is 9.49. The molecule has 1 aromatic carbocycles. The van der Waals surface area contributed by atoms with E-state index in [2.05, 4.69) is 39.6 Å². The summed E-state index contributed by atoms with van der Waals surface area (Å²) < 4.78 is 16.2. The average Bonchev–Trinajstić information content (AvgIpc) is 2.96. The van der Waals surface area contributed by atoms with Crippen LogP contribution in [0.25, 0.3) is 0 Å². The van der Waals surface area contributed by atoms with Crippen LogP contribution in [0.5, 0.6) is 0 Å². The number of aryl methyl sites for hydroxylation is 1. The maximum atomic E-state index is 8.59. The molecule has 0 saturated carbocycles. The second kappa shape index (κ2) is 10.6. The Morgan fingerprint density at radius 1 is 1.00 bits per heavy atom. The Labute approximate surface area is 154 Å². The number of aliphatic hydroxyl groups excluding tert-OH is 1. The summed E-state index contributed by atoms with van der Waals surface area (Å²) in [5.41, 5.74) is 2.75. The van der Waals surface area contributed by atoms with E-state index >= 15 is 0 Å². The molecule has 0 amide bonds. The van der Waals surface area contributed by atoms with Gasteiger partial charge in [-0.2, -0.15) is 5.11 Å². The lowest BCUT2D eigenvalue weighted by Gasteiger charge is -2.24. The fourth-order valence-corrected chi connectivity index (χ4v) is 3.53. The van der Waals surface area contributed by atoms with Gasteiger partial charge in [0.05, 0.1) is 58.8 Å². The standard InChI is InChI=1S/C19H29N3O4/c23-9-11-25-13-15-26-14-12-24-10-8-22-18-7-3-5-16-4-1-2-6-17(16)19(18)20-21-22/h1-2,4,6,18-19,23H,3,5,7-15H2/t18-,19-/m1/s1. The third-order valence-corrected chi connectivity index (χ3v) is 4.80. The van der Waals surface area contributed by atoms with Crippen LogP contribution in [-0.4, -0.2) is 69.0 Å². The molecule has 0 aromatic heterocycles. The van der Waals surface area contributed by atoms with Crippen molar-refractivity contribution in [3.05, 3.63) is 35.4 Å².